The first-order valence-electron chi connectivity index (χ1n) is 6.34. The second-order valence-electron chi connectivity index (χ2n) is 5.54. The van der Waals surface area contributed by atoms with Crippen LogP contribution in [-0.4, -0.2) is 47.7 Å². The van der Waals surface area contributed by atoms with Crippen LogP contribution >= 0.6 is 11.8 Å². The van der Waals surface area contributed by atoms with Gasteiger partial charge in [0.25, 0.3) is 0 Å². The summed E-state index contributed by atoms with van der Waals surface area (Å²) in [5.74, 6) is 0.655. The van der Waals surface area contributed by atoms with E-state index < -0.39 is 5.72 Å². The van der Waals surface area contributed by atoms with E-state index in [-0.39, 0.29) is 30.5 Å². The molecule has 7 heteroatoms. The van der Waals surface area contributed by atoms with Gasteiger partial charge in [-0.3, -0.25) is 4.90 Å². The molecule has 0 radical (unpaired) electrons. The van der Waals surface area contributed by atoms with Crippen molar-refractivity contribution in [2.75, 3.05) is 25.4 Å². The van der Waals surface area contributed by atoms with E-state index in [2.05, 4.69) is 0 Å². The van der Waals surface area contributed by atoms with E-state index in [0.717, 1.165) is 0 Å². The van der Waals surface area contributed by atoms with E-state index in [1.54, 1.807) is 16.7 Å². The number of carbonyl (C=O) groups excluding carboxylic acids is 1. The molecule has 0 spiro atoms. The Labute approximate surface area is 138 Å². The summed E-state index contributed by atoms with van der Waals surface area (Å²) in [7, 11) is 0. The summed E-state index contributed by atoms with van der Waals surface area (Å²) in [6.07, 6.45) is 2.18. The van der Waals surface area contributed by atoms with Gasteiger partial charge in [0.05, 0.1) is 18.1 Å². The molecule has 1 rings (SSSR count). The largest absolute Gasteiger partial charge is 1.00 e. The van der Waals surface area contributed by atoms with Crippen LogP contribution in [0.2, 0.25) is 0 Å². The van der Waals surface area contributed by atoms with Gasteiger partial charge in [0.1, 0.15) is 5.72 Å². The fourth-order valence-electron chi connectivity index (χ4n) is 2.13. The van der Waals surface area contributed by atoms with Gasteiger partial charge in [-0.2, -0.15) is 6.61 Å². The Kier molecular flexibility index (Phi) is 8.61. The zero-order chi connectivity index (χ0) is 14.5. The minimum Gasteiger partial charge on any atom is -0.621 e. The predicted molar refractivity (Wildman–Crippen MR) is 75.7 cm³/mol. The maximum Gasteiger partial charge on any atom is 1.00 e. The van der Waals surface area contributed by atoms with Crippen LogP contribution in [0.1, 0.15) is 34.1 Å². The van der Waals surface area contributed by atoms with Crippen molar-refractivity contribution in [3.8, 4) is 0 Å². The Morgan fingerprint density at radius 3 is 2.55 bits per heavy atom. The van der Waals surface area contributed by atoms with Gasteiger partial charge in [-0.25, -0.2) is 4.79 Å². The summed E-state index contributed by atoms with van der Waals surface area (Å²) >= 11 is 1.62. The van der Waals surface area contributed by atoms with E-state index in [9.17, 15) is 4.79 Å². The number of thioether (sulfide) groups is 1. The van der Waals surface area contributed by atoms with Gasteiger partial charge in [0.15, 0.2) is 0 Å². The number of amides is 1. The van der Waals surface area contributed by atoms with Gasteiger partial charge in [0.2, 0.25) is 0 Å². The summed E-state index contributed by atoms with van der Waals surface area (Å²) in [4.78, 5) is 13.8. The normalized spacial score (nSPS) is 19.6. The van der Waals surface area contributed by atoms with Crippen LogP contribution in [0.15, 0.2) is 0 Å². The summed E-state index contributed by atoms with van der Waals surface area (Å²) in [6.45, 7) is 10.2. The van der Waals surface area contributed by atoms with Crippen molar-refractivity contribution in [1.29, 1.82) is 0 Å². The van der Waals surface area contributed by atoms with E-state index in [4.69, 9.17) is 14.2 Å². The van der Waals surface area contributed by atoms with E-state index in [1.807, 2.05) is 34.0 Å². The Morgan fingerprint density at radius 2 is 2.05 bits per heavy atom. The van der Waals surface area contributed by atoms with E-state index in [0.29, 0.717) is 25.6 Å². The third-order valence-electron chi connectivity index (χ3n) is 2.87. The van der Waals surface area contributed by atoms with Crippen LogP contribution < -0.4 is 18.9 Å². The summed E-state index contributed by atoms with van der Waals surface area (Å²) in [5, 5.41) is 0. The van der Waals surface area contributed by atoms with Crippen molar-refractivity contribution < 1.29 is 37.9 Å². The first-order chi connectivity index (χ1) is 8.81. The zero-order valence-electron chi connectivity index (χ0n) is 13.4. The van der Waals surface area contributed by atoms with Crippen LogP contribution in [0.4, 0.5) is 4.79 Å². The molecule has 0 aliphatic carbocycles. The van der Waals surface area contributed by atoms with Crippen molar-refractivity contribution in [2.24, 2.45) is 0 Å². The molecule has 112 valence electrons. The SMILES string of the molecule is CSCOCC[CH-]OC(=O)N1C(C)(C)COC1(C)C.[Li+]. The van der Waals surface area contributed by atoms with Crippen molar-refractivity contribution >= 4 is 17.9 Å². The Bertz CT molecular complexity index is 297. The molecule has 0 aromatic rings. The average Bonchev–Trinajstić information content (AvgIpc) is 2.53. The molecule has 1 aliphatic heterocycles. The van der Waals surface area contributed by atoms with Gasteiger partial charge in [-0.15, -0.1) is 18.2 Å². The van der Waals surface area contributed by atoms with Crippen molar-refractivity contribution in [2.45, 2.75) is 45.4 Å². The number of hydrogen-bond acceptors (Lipinski definition) is 5. The van der Waals surface area contributed by atoms with Crippen molar-refractivity contribution in [1.82, 2.24) is 4.90 Å². The fourth-order valence-corrected chi connectivity index (χ4v) is 2.42. The van der Waals surface area contributed by atoms with Gasteiger partial charge in [-0.05, 0) is 34.0 Å². The molecule has 1 amide bonds. The van der Waals surface area contributed by atoms with Gasteiger partial charge >= 0.3 is 25.0 Å². The molecule has 5 nitrogen and oxygen atoms in total. The molecule has 1 heterocycles. The molecule has 0 aromatic carbocycles. The summed E-state index contributed by atoms with van der Waals surface area (Å²) in [6, 6.07) is 0. The number of nitrogens with zero attached hydrogens (tertiary/aromatic N) is 1. The van der Waals surface area contributed by atoms with Gasteiger partial charge in [-0.1, -0.05) is 0 Å². The molecular formula is C13H24LiNO4S. The molecule has 0 aromatic heterocycles. The van der Waals surface area contributed by atoms with Gasteiger partial charge in [0, 0.05) is 6.61 Å². The Balaban J connectivity index is 0.00000361. The Morgan fingerprint density at radius 1 is 1.40 bits per heavy atom. The second-order valence-corrected chi connectivity index (χ2v) is 6.35. The molecule has 0 saturated carbocycles. The molecular weight excluding hydrogens is 273 g/mol. The van der Waals surface area contributed by atoms with Crippen LogP contribution in [-0.2, 0) is 14.2 Å². The molecule has 0 bridgehead atoms. The molecule has 1 saturated heterocycles. The molecule has 1 aliphatic rings. The minimum absolute atomic E-state index is 0. The smallest absolute Gasteiger partial charge is 0.621 e. The molecule has 20 heavy (non-hydrogen) atoms. The maximum absolute atomic E-state index is 12.1. The van der Waals surface area contributed by atoms with Crippen LogP contribution in [0, 0.1) is 6.61 Å². The Hall–Kier alpha value is 0.137. The fraction of sp³-hybridized carbons (Fsp3) is 0.846. The number of ether oxygens (including phenoxy) is 3. The topological polar surface area (TPSA) is 48.0 Å². The van der Waals surface area contributed by atoms with E-state index in [1.165, 1.54) is 6.61 Å². The number of hydrogen-bond donors (Lipinski definition) is 0. The average molecular weight is 297 g/mol. The van der Waals surface area contributed by atoms with Crippen LogP contribution in [0.25, 0.3) is 0 Å². The zero-order valence-corrected chi connectivity index (χ0v) is 14.2. The second kappa shape index (κ2) is 8.55. The first kappa shape index (κ1) is 20.1. The molecule has 0 N–H and O–H groups in total. The van der Waals surface area contributed by atoms with Crippen LogP contribution in [0.3, 0.4) is 0 Å². The first-order valence-corrected chi connectivity index (χ1v) is 7.74. The maximum atomic E-state index is 12.1. The predicted octanol–water partition coefficient (Wildman–Crippen LogP) is -0.137. The molecule has 1 fully saturated rings. The monoisotopic (exact) mass is 297 g/mol. The summed E-state index contributed by atoms with van der Waals surface area (Å²) < 4.78 is 16.1. The van der Waals surface area contributed by atoms with Crippen molar-refractivity contribution in [3.63, 3.8) is 0 Å². The number of carbonyl (C=O) groups is 1. The standard InChI is InChI=1S/C13H24NO4S.Li/c1-12(2)9-18-13(3,4)14(12)11(15)17-8-6-7-16-10-19-5;/h8H,6-7,9-10H2,1-5H3;/q-1;+1. The third kappa shape index (κ3) is 5.49. The molecule has 0 atom stereocenters. The van der Waals surface area contributed by atoms with Gasteiger partial charge < -0.3 is 14.2 Å². The van der Waals surface area contributed by atoms with Crippen LogP contribution in [0.5, 0.6) is 0 Å². The third-order valence-corrected chi connectivity index (χ3v) is 3.27. The van der Waals surface area contributed by atoms with E-state index >= 15 is 0 Å². The minimum atomic E-state index is -0.635. The quantitative estimate of drug-likeness (QED) is 0.296. The summed E-state index contributed by atoms with van der Waals surface area (Å²) in [5.41, 5.74) is -0.993. The van der Waals surface area contributed by atoms with Crippen molar-refractivity contribution in [3.05, 3.63) is 6.61 Å². The number of rotatable bonds is 6. The molecule has 0 unspecified atom stereocenters.